The largest absolute Gasteiger partial charge is 0.326 e. The predicted octanol–water partition coefficient (Wildman–Crippen LogP) is 4.89. The molecular weight excluding hydrogens is 419 g/mol. The van der Waals surface area contributed by atoms with Gasteiger partial charge in [0.15, 0.2) is 0 Å². The number of tetrazole rings is 1. The Hall–Kier alpha value is -2.54. The van der Waals surface area contributed by atoms with Gasteiger partial charge in [-0.15, -0.1) is 35.0 Å². The van der Waals surface area contributed by atoms with Crippen molar-refractivity contribution in [3.05, 3.63) is 59.3 Å². The maximum Gasteiger partial charge on any atom is 0.204 e. The molecule has 0 fully saturated rings. The molecule has 2 aromatic carbocycles. The van der Waals surface area contributed by atoms with Crippen molar-refractivity contribution in [2.45, 2.75) is 33.7 Å². The van der Waals surface area contributed by atoms with Gasteiger partial charge < -0.3 is 5.73 Å². The van der Waals surface area contributed by atoms with Crippen molar-refractivity contribution in [3.63, 3.8) is 0 Å². The van der Waals surface area contributed by atoms with Crippen molar-refractivity contribution < 1.29 is 0 Å². The zero-order chi connectivity index (χ0) is 19.7. The van der Waals surface area contributed by atoms with E-state index in [1.807, 2.05) is 12.1 Å². The van der Waals surface area contributed by atoms with Crippen molar-refractivity contribution >= 4 is 35.7 Å². The van der Waals surface area contributed by atoms with Crippen molar-refractivity contribution in [1.82, 2.24) is 25.6 Å². The van der Waals surface area contributed by atoms with E-state index in [4.69, 9.17) is 10.7 Å². The van der Waals surface area contributed by atoms with Crippen molar-refractivity contribution in [2.24, 2.45) is 11.7 Å². The summed E-state index contributed by atoms with van der Waals surface area (Å²) in [6, 6.07) is 14.7. The minimum Gasteiger partial charge on any atom is -0.326 e. The Labute approximate surface area is 188 Å². The van der Waals surface area contributed by atoms with Gasteiger partial charge in [0.1, 0.15) is 0 Å². The maximum absolute atomic E-state index is 6.24. The van der Waals surface area contributed by atoms with Crippen LogP contribution in [0.1, 0.15) is 30.7 Å². The number of hydrogen-bond donors (Lipinski definition) is 2. The van der Waals surface area contributed by atoms with E-state index in [1.54, 1.807) is 0 Å². The summed E-state index contributed by atoms with van der Waals surface area (Å²) in [5.74, 6) is 1.07. The number of halogens is 2. The van der Waals surface area contributed by atoms with E-state index < -0.39 is 0 Å². The first-order valence-electron chi connectivity index (χ1n) is 9.53. The zero-order valence-electron chi connectivity index (χ0n) is 17.2. The molecule has 0 amide bonds. The van der Waals surface area contributed by atoms with Gasteiger partial charge in [0.25, 0.3) is 0 Å². The zero-order valence-corrected chi connectivity index (χ0v) is 18.8. The number of pyridine rings is 1. The minimum atomic E-state index is 0. The van der Waals surface area contributed by atoms with Crippen LogP contribution in [0.25, 0.3) is 33.4 Å². The maximum atomic E-state index is 6.24. The monoisotopic (exact) mass is 444 g/mol. The minimum absolute atomic E-state index is 0. The Balaban J connectivity index is 0.00000160. The molecule has 0 saturated heterocycles. The van der Waals surface area contributed by atoms with Crippen molar-refractivity contribution in [2.75, 3.05) is 0 Å². The number of rotatable bonds is 5. The highest BCUT2D eigenvalue weighted by Gasteiger charge is 2.18. The van der Waals surface area contributed by atoms with Gasteiger partial charge in [-0.2, -0.15) is 5.21 Å². The van der Waals surface area contributed by atoms with E-state index in [-0.39, 0.29) is 24.8 Å². The van der Waals surface area contributed by atoms with E-state index in [1.165, 1.54) is 5.56 Å². The number of nitrogens with one attached hydrogen (secondary N) is 1. The number of aromatic amines is 1. The number of H-pyrrole nitrogens is 1. The SMILES string of the molecule is Cc1ccc(-c2c(CN)c(CC(C)C)nc3ccc(-c4nn[nH]n4)cc23)cc1.Cl.Cl. The molecular formula is C22H26Cl2N6. The molecule has 0 aliphatic rings. The van der Waals surface area contributed by atoms with Gasteiger partial charge in [-0.3, -0.25) is 4.98 Å². The summed E-state index contributed by atoms with van der Waals surface area (Å²) in [6.07, 6.45) is 0.897. The van der Waals surface area contributed by atoms with Gasteiger partial charge in [0, 0.05) is 23.2 Å². The fraction of sp³-hybridized carbons (Fsp3) is 0.273. The lowest BCUT2D eigenvalue weighted by atomic mass is 9.90. The van der Waals surface area contributed by atoms with Crippen LogP contribution in [-0.4, -0.2) is 25.6 Å². The van der Waals surface area contributed by atoms with Crippen LogP contribution in [0.4, 0.5) is 0 Å². The summed E-state index contributed by atoms with van der Waals surface area (Å²) in [5, 5.41) is 15.5. The van der Waals surface area contributed by atoms with Crippen LogP contribution in [0.15, 0.2) is 42.5 Å². The van der Waals surface area contributed by atoms with Crippen LogP contribution in [0.3, 0.4) is 0 Å². The number of aryl methyl sites for hydroxylation is 1. The van der Waals surface area contributed by atoms with Crippen LogP contribution >= 0.6 is 24.8 Å². The topological polar surface area (TPSA) is 93.4 Å². The first-order chi connectivity index (χ1) is 13.6. The van der Waals surface area contributed by atoms with Crippen LogP contribution < -0.4 is 5.73 Å². The lowest BCUT2D eigenvalue weighted by Gasteiger charge is -2.18. The molecule has 30 heavy (non-hydrogen) atoms. The number of fused-ring (bicyclic) bond motifs is 1. The van der Waals surface area contributed by atoms with Crippen molar-refractivity contribution in [1.29, 1.82) is 0 Å². The lowest BCUT2D eigenvalue weighted by Crippen LogP contribution is -2.10. The molecule has 4 aromatic rings. The molecule has 3 N–H and O–H groups in total. The predicted molar refractivity (Wildman–Crippen MR) is 126 cm³/mol. The highest BCUT2D eigenvalue weighted by molar-refractivity contribution is 5.98. The van der Waals surface area contributed by atoms with Gasteiger partial charge in [-0.05, 0) is 59.4 Å². The number of aromatic nitrogens is 5. The average molecular weight is 445 g/mol. The molecule has 2 aromatic heterocycles. The Kier molecular flexibility index (Phi) is 7.89. The molecule has 0 saturated carbocycles. The first kappa shape index (κ1) is 23.7. The molecule has 158 valence electrons. The fourth-order valence-electron chi connectivity index (χ4n) is 3.60. The number of hydrogen-bond acceptors (Lipinski definition) is 5. The second-order valence-electron chi connectivity index (χ2n) is 7.55. The number of nitrogens with zero attached hydrogens (tertiary/aromatic N) is 4. The molecule has 0 radical (unpaired) electrons. The molecule has 0 aliphatic carbocycles. The summed E-state index contributed by atoms with van der Waals surface area (Å²) in [7, 11) is 0. The van der Waals surface area contributed by atoms with E-state index in [0.29, 0.717) is 18.3 Å². The Bertz CT molecular complexity index is 1110. The van der Waals surface area contributed by atoms with E-state index in [0.717, 1.165) is 45.3 Å². The van der Waals surface area contributed by atoms with Crippen LogP contribution in [0, 0.1) is 12.8 Å². The number of benzene rings is 2. The van der Waals surface area contributed by atoms with Gasteiger partial charge in [-0.1, -0.05) is 43.7 Å². The summed E-state index contributed by atoms with van der Waals surface area (Å²) in [6.45, 7) is 6.95. The van der Waals surface area contributed by atoms with E-state index in [9.17, 15) is 0 Å². The molecule has 0 atom stereocenters. The molecule has 0 unspecified atom stereocenters. The normalized spacial score (nSPS) is 10.7. The first-order valence-corrected chi connectivity index (χ1v) is 9.53. The average Bonchev–Trinajstić information content (AvgIpc) is 3.22. The highest BCUT2D eigenvalue weighted by atomic mass is 35.5. The Morgan fingerprint density at radius 2 is 1.70 bits per heavy atom. The van der Waals surface area contributed by atoms with E-state index >= 15 is 0 Å². The van der Waals surface area contributed by atoms with Crippen LogP contribution in [-0.2, 0) is 13.0 Å². The van der Waals surface area contributed by atoms with Gasteiger partial charge in [-0.25, -0.2) is 0 Å². The standard InChI is InChI=1S/C22H24N6.2ClH/c1-13(2)10-20-18(12-23)21(15-6-4-14(3)5-7-15)17-11-16(8-9-19(17)24-20)22-25-27-28-26-22;;/h4-9,11,13H,10,12,23H2,1-3H3,(H,25,26,27,28);2*1H. The summed E-state index contributed by atoms with van der Waals surface area (Å²) < 4.78 is 0. The summed E-state index contributed by atoms with van der Waals surface area (Å²) >= 11 is 0. The molecule has 4 rings (SSSR count). The summed E-state index contributed by atoms with van der Waals surface area (Å²) in [4.78, 5) is 4.97. The second kappa shape index (κ2) is 9.98. The molecule has 6 nitrogen and oxygen atoms in total. The second-order valence-corrected chi connectivity index (χ2v) is 7.55. The van der Waals surface area contributed by atoms with E-state index in [2.05, 4.69) is 71.7 Å². The van der Waals surface area contributed by atoms with Gasteiger partial charge in [0.05, 0.1) is 5.52 Å². The van der Waals surface area contributed by atoms with Gasteiger partial charge in [0.2, 0.25) is 5.82 Å². The molecule has 8 heteroatoms. The number of nitrogens with two attached hydrogens (primary N) is 1. The third-order valence-electron chi connectivity index (χ3n) is 4.92. The third kappa shape index (κ3) is 4.61. The van der Waals surface area contributed by atoms with Crippen LogP contribution in [0.5, 0.6) is 0 Å². The smallest absolute Gasteiger partial charge is 0.204 e. The fourth-order valence-corrected chi connectivity index (χ4v) is 3.60. The van der Waals surface area contributed by atoms with Crippen LogP contribution in [0.2, 0.25) is 0 Å². The third-order valence-corrected chi connectivity index (χ3v) is 4.92. The lowest BCUT2D eigenvalue weighted by molar-refractivity contribution is 0.632. The van der Waals surface area contributed by atoms with Gasteiger partial charge >= 0.3 is 0 Å². The molecule has 0 bridgehead atoms. The van der Waals surface area contributed by atoms with Crippen molar-refractivity contribution in [3.8, 4) is 22.5 Å². The molecule has 0 aliphatic heterocycles. The Morgan fingerprint density at radius 1 is 1.00 bits per heavy atom. The highest BCUT2D eigenvalue weighted by Crippen LogP contribution is 2.35. The quantitative estimate of drug-likeness (QED) is 0.456. The molecule has 0 spiro atoms. The Morgan fingerprint density at radius 3 is 2.30 bits per heavy atom. The summed E-state index contributed by atoms with van der Waals surface area (Å²) in [5.41, 5.74) is 13.8. The molecule has 2 heterocycles.